The lowest BCUT2D eigenvalue weighted by atomic mass is 9.96. The summed E-state index contributed by atoms with van der Waals surface area (Å²) in [6.07, 6.45) is 3.03. The maximum atomic E-state index is 13.3. The molecule has 1 amide bonds. The number of hydrogen-bond donors (Lipinski definition) is 3. The summed E-state index contributed by atoms with van der Waals surface area (Å²) in [5.41, 5.74) is 5.92. The fraction of sp³-hybridized carbons (Fsp3) is 0.167. The monoisotopic (exact) mass is 635 g/mol. The molecule has 0 spiro atoms. The number of fused-ring (bicyclic) bond motifs is 1. The van der Waals surface area contributed by atoms with Crippen LogP contribution in [0.15, 0.2) is 89.3 Å². The maximum absolute atomic E-state index is 13.3. The van der Waals surface area contributed by atoms with Crippen molar-refractivity contribution in [2.24, 2.45) is 0 Å². The number of halogens is 2. The Bertz CT molecular complexity index is 2050. The predicted octanol–water partition coefficient (Wildman–Crippen LogP) is 7.72. The van der Waals surface area contributed by atoms with Crippen molar-refractivity contribution < 1.29 is 18.4 Å². The van der Waals surface area contributed by atoms with E-state index < -0.39 is 0 Å². The van der Waals surface area contributed by atoms with Gasteiger partial charge < -0.3 is 15.1 Å². The van der Waals surface area contributed by atoms with Gasteiger partial charge in [0, 0.05) is 34.1 Å². The van der Waals surface area contributed by atoms with E-state index in [1.165, 1.54) is 12.1 Å². The van der Waals surface area contributed by atoms with E-state index in [1.807, 2.05) is 62.5 Å². The number of carbonyl (C=O) groups excluding carboxylic acids is 2. The molecule has 6 aromatic rings. The number of aldehydes is 1. The molecule has 0 bridgehead atoms. The molecule has 2 aromatic heterocycles. The molecule has 0 unspecified atom stereocenters. The molecule has 3 N–H and O–H groups in total. The van der Waals surface area contributed by atoms with E-state index in [-0.39, 0.29) is 17.3 Å². The number of nitrogens with one attached hydrogen (secondary N) is 3. The largest absolute Gasteiger partial charge is 0.455 e. The smallest absolute Gasteiger partial charge is 0.255 e. The molecule has 232 valence electrons. The molecule has 1 saturated carbocycles. The standard InChI is InChI=1S/C24H18FNO3.C12H13ClN4/c1-14-3-4-15(13-27)11-19(14)17-7-10-21-20(12-17)22(24(28)26-2)23(29-21)16-5-8-18(25)9-6-16;1-14-12(6-7-12)11-15-10(16-17-11)8-2-4-9(13)5-3-8/h3-13H,1-2H3,(H,26,28);2-5,14H,6-7H2,1H3,(H,15,16,17). The number of hydrogen-bond acceptors (Lipinski definition) is 6. The highest BCUT2D eigenvalue weighted by Gasteiger charge is 2.46. The van der Waals surface area contributed by atoms with Crippen LogP contribution in [-0.4, -0.2) is 41.5 Å². The summed E-state index contributed by atoms with van der Waals surface area (Å²) in [7, 11) is 3.51. The second-order valence-corrected chi connectivity index (χ2v) is 11.6. The minimum Gasteiger partial charge on any atom is -0.455 e. The third-order valence-electron chi connectivity index (χ3n) is 8.23. The van der Waals surface area contributed by atoms with Gasteiger partial charge in [0.25, 0.3) is 5.91 Å². The van der Waals surface area contributed by atoms with Crippen LogP contribution in [0.1, 0.15) is 44.9 Å². The van der Waals surface area contributed by atoms with Gasteiger partial charge in [0.1, 0.15) is 29.3 Å². The van der Waals surface area contributed by atoms with Crippen LogP contribution in [0.5, 0.6) is 0 Å². The van der Waals surface area contributed by atoms with E-state index in [0.717, 1.165) is 58.1 Å². The molecule has 10 heteroatoms. The highest BCUT2D eigenvalue weighted by molar-refractivity contribution is 6.30. The average Bonchev–Trinajstić information content (AvgIpc) is 3.55. The average molecular weight is 636 g/mol. The summed E-state index contributed by atoms with van der Waals surface area (Å²) in [5, 5.41) is 14.6. The Hall–Kier alpha value is -5.12. The first-order valence-electron chi connectivity index (χ1n) is 14.7. The number of H-pyrrole nitrogens is 1. The van der Waals surface area contributed by atoms with E-state index in [0.29, 0.717) is 33.4 Å². The van der Waals surface area contributed by atoms with Gasteiger partial charge in [-0.25, -0.2) is 9.37 Å². The van der Waals surface area contributed by atoms with Gasteiger partial charge in [-0.3, -0.25) is 14.7 Å². The number of nitrogens with zero attached hydrogens (tertiary/aromatic N) is 2. The first-order valence-corrected chi connectivity index (χ1v) is 15.1. The number of aryl methyl sites for hydroxylation is 1. The maximum Gasteiger partial charge on any atom is 0.255 e. The Morgan fingerprint density at radius 3 is 2.30 bits per heavy atom. The van der Waals surface area contributed by atoms with Crippen molar-refractivity contribution in [1.82, 2.24) is 25.8 Å². The van der Waals surface area contributed by atoms with Crippen LogP contribution in [-0.2, 0) is 5.54 Å². The Kier molecular flexibility index (Phi) is 8.53. The van der Waals surface area contributed by atoms with Crippen molar-refractivity contribution in [2.45, 2.75) is 25.3 Å². The van der Waals surface area contributed by atoms with Gasteiger partial charge in [-0.15, -0.1) is 0 Å². The fourth-order valence-corrected chi connectivity index (χ4v) is 5.50. The van der Waals surface area contributed by atoms with Crippen molar-refractivity contribution in [2.75, 3.05) is 14.1 Å². The van der Waals surface area contributed by atoms with Gasteiger partial charge >= 0.3 is 0 Å². The second-order valence-electron chi connectivity index (χ2n) is 11.1. The van der Waals surface area contributed by atoms with Crippen LogP contribution in [0, 0.1) is 12.7 Å². The summed E-state index contributed by atoms with van der Waals surface area (Å²) in [6.45, 7) is 1.97. The van der Waals surface area contributed by atoms with Crippen LogP contribution in [0.4, 0.5) is 4.39 Å². The Morgan fingerprint density at radius 1 is 0.957 bits per heavy atom. The zero-order valence-corrected chi connectivity index (χ0v) is 26.2. The second kappa shape index (κ2) is 12.7. The summed E-state index contributed by atoms with van der Waals surface area (Å²) >= 11 is 5.85. The number of rotatable bonds is 7. The molecule has 1 aliphatic rings. The number of benzene rings is 4. The summed E-state index contributed by atoms with van der Waals surface area (Å²) in [4.78, 5) is 28.4. The molecule has 7 rings (SSSR count). The van der Waals surface area contributed by atoms with Gasteiger partial charge in [-0.05, 0) is 110 Å². The van der Waals surface area contributed by atoms with Crippen molar-refractivity contribution >= 4 is 34.8 Å². The fourth-order valence-electron chi connectivity index (χ4n) is 5.38. The summed E-state index contributed by atoms with van der Waals surface area (Å²) < 4.78 is 19.3. The van der Waals surface area contributed by atoms with Crippen LogP contribution < -0.4 is 10.6 Å². The van der Waals surface area contributed by atoms with Crippen LogP contribution in [0.2, 0.25) is 5.02 Å². The molecule has 1 fully saturated rings. The van der Waals surface area contributed by atoms with Crippen molar-refractivity contribution in [1.29, 1.82) is 0 Å². The summed E-state index contributed by atoms with van der Waals surface area (Å²) in [5.74, 6) is 1.37. The molecule has 0 saturated heterocycles. The number of furan rings is 1. The normalized spacial score (nSPS) is 13.2. The minimum atomic E-state index is -0.362. The van der Waals surface area contributed by atoms with Gasteiger partial charge in [-0.2, -0.15) is 5.10 Å². The molecular weight excluding hydrogens is 605 g/mol. The van der Waals surface area contributed by atoms with E-state index >= 15 is 0 Å². The van der Waals surface area contributed by atoms with Gasteiger partial charge in [-0.1, -0.05) is 29.8 Å². The molecule has 1 aliphatic carbocycles. The molecule has 8 nitrogen and oxygen atoms in total. The number of carbonyl (C=O) groups is 2. The van der Waals surface area contributed by atoms with E-state index in [4.69, 9.17) is 16.0 Å². The Labute approximate surface area is 270 Å². The lowest BCUT2D eigenvalue weighted by Gasteiger charge is -2.08. The first-order chi connectivity index (χ1) is 22.2. The van der Waals surface area contributed by atoms with E-state index in [9.17, 15) is 14.0 Å². The number of aromatic nitrogens is 3. The van der Waals surface area contributed by atoms with Gasteiger partial charge in [0.2, 0.25) is 0 Å². The lowest BCUT2D eigenvalue weighted by molar-refractivity contribution is 0.0964. The van der Waals surface area contributed by atoms with Crippen LogP contribution in [0.3, 0.4) is 0 Å². The highest BCUT2D eigenvalue weighted by Crippen LogP contribution is 2.43. The summed E-state index contributed by atoms with van der Waals surface area (Å²) in [6, 6.07) is 24.4. The molecule has 0 aliphatic heterocycles. The number of aromatic amines is 1. The van der Waals surface area contributed by atoms with E-state index in [1.54, 1.807) is 31.3 Å². The van der Waals surface area contributed by atoms with Crippen molar-refractivity contribution in [3.8, 4) is 33.8 Å². The van der Waals surface area contributed by atoms with Crippen LogP contribution >= 0.6 is 11.6 Å². The van der Waals surface area contributed by atoms with Crippen molar-refractivity contribution in [3.63, 3.8) is 0 Å². The third-order valence-corrected chi connectivity index (χ3v) is 8.48. The number of amides is 1. The zero-order chi connectivity index (χ0) is 32.4. The van der Waals surface area contributed by atoms with Crippen molar-refractivity contribution in [3.05, 3.63) is 118 Å². The predicted molar refractivity (Wildman–Crippen MR) is 177 cm³/mol. The Morgan fingerprint density at radius 2 is 1.65 bits per heavy atom. The van der Waals surface area contributed by atoms with Gasteiger partial charge in [0.05, 0.1) is 11.1 Å². The molecule has 46 heavy (non-hydrogen) atoms. The van der Waals surface area contributed by atoms with E-state index in [2.05, 4.69) is 25.8 Å². The molecular formula is C36H31ClFN5O3. The molecule has 0 atom stereocenters. The quantitative estimate of drug-likeness (QED) is 0.155. The highest BCUT2D eigenvalue weighted by atomic mass is 35.5. The van der Waals surface area contributed by atoms with Gasteiger partial charge in [0.15, 0.2) is 5.82 Å². The lowest BCUT2D eigenvalue weighted by Crippen LogP contribution is -2.25. The molecule has 0 radical (unpaired) electrons. The minimum absolute atomic E-state index is 0.0255. The topological polar surface area (TPSA) is 113 Å². The molecule has 4 aromatic carbocycles. The SMILES string of the molecule is CNC(=O)c1c(-c2ccc(F)cc2)oc2ccc(-c3cc(C=O)ccc3C)cc12.CNC1(c2nc(-c3ccc(Cl)cc3)n[nH]2)CC1. The zero-order valence-electron chi connectivity index (χ0n) is 25.4. The Balaban J connectivity index is 0.000000185. The molecule has 2 heterocycles. The van der Waals surface area contributed by atoms with Crippen LogP contribution in [0.25, 0.3) is 44.8 Å². The first kappa shape index (κ1) is 30.9. The third kappa shape index (κ3) is 6.07.